The number of benzene rings is 1. The monoisotopic (exact) mass is 454 g/mol. The van der Waals surface area contributed by atoms with Crippen LogP contribution in [0.5, 0.6) is 0 Å². The molecule has 0 bridgehead atoms. The Labute approximate surface area is 183 Å². The Morgan fingerprint density at radius 2 is 1.58 bits per heavy atom. The highest BCUT2D eigenvalue weighted by Gasteiger charge is 2.61. The summed E-state index contributed by atoms with van der Waals surface area (Å²) in [5.74, 6) is -1.47. The summed E-state index contributed by atoms with van der Waals surface area (Å²) in [6.45, 7) is 12.4. The van der Waals surface area contributed by atoms with Gasteiger partial charge in [0.1, 0.15) is 5.60 Å². The van der Waals surface area contributed by atoms with Crippen molar-refractivity contribution in [2.75, 3.05) is 7.11 Å². The number of ether oxygens (including phenoxy) is 2. The van der Waals surface area contributed by atoms with Gasteiger partial charge in [0.25, 0.3) is 10.0 Å². The maximum Gasteiger partial charge on any atom is 0.534 e. The Kier molecular flexibility index (Phi) is 6.75. The molecule has 1 fully saturated rings. The van der Waals surface area contributed by atoms with Crippen LogP contribution in [0, 0.1) is 18.3 Å². The molecule has 0 unspecified atom stereocenters. The average molecular weight is 455 g/mol. The zero-order valence-corrected chi connectivity index (χ0v) is 19.9. The summed E-state index contributed by atoms with van der Waals surface area (Å²) in [5, 5.41) is 3.75. The molecule has 1 heterocycles. The molecule has 9 nitrogen and oxygen atoms in total. The second kappa shape index (κ2) is 8.49. The van der Waals surface area contributed by atoms with E-state index in [-0.39, 0.29) is 10.7 Å². The molecule has 1 aromatic carbocycles. The van der Waals surface area contributed by atoms with Crippen LogP contribution in [0.25, 0.3) is 0 Å². The second-order valence-electron chi connectivity index (χ2n) is 9.43. The van der Waals surface area contributed by atoms with Gasteiger partial charge >= 0.3 is 12.1 Å². The standard InChI is InChI=1S/C21H30N2O7S/c1-13-9-11-14(12-10-13)31(26,27)23-16(18(24)29-21(5,6)7)15(20(2,3)4)17(23)22-30-19(25)28-8/h9-12,15-16H,1-8H3/b22-17-/t15-,16+/m0/s1. The topological polar surface area (TPSA) is 112 Å². The van der Waals surface area contributed by atoms with Crippen molar-refractivity contribution in [2.45, 2.75) is 65.0 Å². The predicted molar refractivity (Wildman–Crippen MR) is 114 cm³/mol. The highest BCUT2D eigenvalue weighted by atomic mass is 32.2. The molecule has 0 radical (unpaired) electrons. The van der Waals surface area contributed by atoms with Crippen LogP contribution in [0.3, 0.4) is 0 Å². The highest BCUT2D eigenvalue weighted by molar-refractivity contribution is 7.89. The lowest BCUT2D eigenvalue weighted by atomic mass is 9.70. The number of carbonyl (C=O) groups is 2. The maximum absolute atomic E-state index is 13.5. The largest absolute Gasteiger partial charge is 0.534 e. The molecular formula is C21H30N2O7S. The molecule has 31 heavy (non-hydrogen) atoms. The molecule has 1 aliphatic heterocycles. The minimum absolute atomic E-state index is 0.0233. The van der Waals surface area contributed by atoms with Crippen LogP contribution in [0.2, 0.25) is 0 Å². The molecule has 0 saturated carbocycles. The molecule has 1 saturated heterocycles. The van der Waals surface area contributed by atoms with Crippen molar-refractivity contribution in [2.24, 2.45) is 16.5 Å². The molecule has 0 N–H and O–H groups in total. The lowest BCUT2D eigenvalue weighted by molar-refractivity contribution is -0.163. The zero-order valence-electron chi connectivity index (χ0n) is 19.1. The molecule has 2 rings (SSSR count). The first-order chi connectivity index (χ1) is 14.1. The van der Waals surface area contributed by atoms with E-state index < -0.39 is 45.1 Å². The first kappa shape index (κ1) is 24.6. The van der Waals surface area contributed by atoms with Gasteiger partial charge in [-0.3, -0.25) is 4.84 Å². The fraction of sp³-hybridized carbons (Fsp3) is 0.571. The smallest absolute Gasteiger partial charge is 0.458 e. The van der Waals surface area contributed by atoms with Crippen LogP contribution in [-0.2, 0) is 29.1 Å². The number of rotatable bonds is 4. The molecule has 0 spiro atoms. The number of carbonyl (C=O) groups excluding carboxylic acids is 2. The number of sulfonamides is 1. The van der Waals surface area contributed by atoms with Gasteiger partial charge in [-0.25, -0.2) is 22.3 Å². The van der Waals surface area contributed by atoms with E-state index in [4.69, 9.17) is 9.57 Å². The van der Waals surface area contributed by atoms with E-state index in [1.165, 1.54) is 12.1 Å². The third-order valence-electron chi connectivity index (χ3n) is 4.61. The van der Waals surface area contributed by atoms with E-state index in [0.29, 0.717) is 0 Å². The lowest BCUT2D eigenvalue weighted by Crippen LogP contribution is -2.70. The van der Waals surface area contributed by atoms with Crippen LogP contribution in [-0.4, -0.2) is 49.4 Å². The molecular weight excluding hydrogens is 424 g/mol. The van der Waals surface area contributed by atoms with E-state index in [0.717, 1.165) is 17.0 Å². The Balaban J connectivity index is 2.61. The van der Waals surface area contributed by atoms with Gasteiger partial charge in [-0.15, -0.1) is 0 Å². The van der Waals surface area contributed by atoms with Gasteiger partial charge in [-0.05, 0) is 45.2 Å². The van der Waals surface area contributed by atoms with Gasteiger partial charge in [-0.2, -0.15) is 0 Å². The zero-order chi connectivity index (χ0) is 23.8. The van der Waals surface area contributed by atoms with Crippen molar-refractivity contribution in [1.29, 1.82) is 0 Å². The molecule has 2 atom stereocenters. The van der Waals surface area contributed by atoms with Crippen LogP contribution >= 0.6 is 0 Å². The first-order valence-electron chi connectivity index (χ1n) is 9.76. The molecule has 1 aromatic rings. The minimum Gasteiger partial charge on any atom is -0.458 e. The quantitative estimate of drug-likeness (QED) is 0.389. The van der Waals surface area contributed by atoms with Gasteiger partial charge in [0, 0.05) is 0 Å². The number of amidine groups is 1. The maximum atomic E-state index is 13.5. The molecule has 1 aliphatic rings. The number of oxime groups is 1. The van der Waals surface area contributed by atoms with Crippen LogP contribution in [0.4, 0.5) is 4.79 Å². The van der Waals surface area contributed by atoms with E-state index in [2.05, 4.69) is 9.89 Å². The number of hydrogen-bond donors (Lipinski definition) is 0. The second-order valence-corrected chi connectivity index (χ2v) is 11.2. The van der Waals surface area contributed by atoms with Crippen molar-refractivity contribution >= 4 is 28.0 Å². The number of hydrogen-bond acceptors (Lipinski definition) is 8. The van der Waals surface area contributed by atoms with Crippen LogP contribution in [0.15, 0.2) is 34.3 Å². The van der Waals surface area contributed by atoms with Crippen molar-refractivity contribution < 1.29 is 32.3 Å². The van der Waals surface area contributed by atoms with E-state index in [1.807, 2.05) is 27.7 Å². The summed E-state index contributed by atoms with van der Waals surface area (Å²) in [4.78, 5) is 29.2. The molecule has 0 aliphatic carbocycles. The fourth-order valence-electron chi connectivity index (χ4n) is 3.24. The summed E-state index contributed by atoms with van der Waals surface area (Å²) in [6, 6.07) is 5.02. The SMILES string of the molecule is COC(=O)O/N=C1/[C@@H](C(C)(C)C)[C@H](C(=O)OC(C)(C)C)N1S(=O)(=O)c1ccc(C)cc1. The first-order valence-corrected chi connectivity index (χ1v) is 11.2. The number of methoxy groups -OCH3 is 1. The predicted octanol–water partition coefficient (Wildman–Crippen LogP) is 3.47. The van der Waals surface area contributed by atoms with E-state index >= 15 is 0 Å². The molecule has 10 heteroatoms. The Morgan fingerprint density at radius 1 is 1.03 bits per heavy atom. The highest BCUT2D eigenvalue weighted by Crippen LogP contribution is 2.45. The Bertz CT molecular complexity index is 970. The van der Waals surface area contributed by atoms with E-state index in [1.54, 1.807) is 32.9 Å². The van der Waals surface area contributed by atoms with Crippen molar-refractivity contribution in [1.82, 2.24) is 4.31 Å². The summed E-state index contributed by atoms with van der Waals surface area (Å²) in [7, 11) is -3.09. The lowest BCUT2D eigenvalue weighted by Gasteiger charge is -2.51. The van der Waals surface area contributed by atoms with Gasteiger partial charge in [0.15, 0.2) is 11.9 Å². The van der Waals surface area contributed by atoms with Gasteiger partial charge in [0.2, 0.25) is 0 Å². The van der Waals surface area contributed by atoms with Gasteiger partial charge in [0.05, 0.1) is 17.9 Å². The molecule has 172 valence electrons. The number of aryl methyl sites for hydroxylation is 1. The van der Waals surface area contributed by atoms with Crippen LogP contribution in [0.1, 0.15) is 47.1 Å². The number of nitrogens with zero attached hydrogens (tertiary/aromatic N) is 2. The summed E-state index contributed by atoms with van der Waals surface area (Å²) in [6.07, 6.45) is -1.10. The van der Waals surface area contributed by atoms with Crippen molar-refractivity contribution in [3.63, 3.8) is 0 Å². The van der Waals surface area contributed by atoms with Crippen molar-refractivity contribution in [3.05, 3.63) is 29.8 Å². The fourth-order valence-corrected chi connectivity index (χ4v) is 4.85. The van der Waals surface area contributed by atoms with E-state index in [9.17, 15) is 18.0 Å². The van der Waals surface area contributed by atoms with Gasteiger partial charge in [-0.1, -0.05) is 43.6 Å². The summed E-state index contributed by atoms with van der Waals surface area (Å²) < 4.78 is 37.7. The summed E-state index contributed by atoms with van der Waals surface area (Å²) >= 11 is 0. The molecule has 0 amide bonds. The van der Waals surface area contributed by atoms with Crippen LogP contribution < -0.4 is 0 Å². The molecule has 0 aromatic heterocycles. The summed E-state index contributed by atoms with van der Waals surface area (Å²) in [5.41, 5.74) is -0.547. The third-order valence-corrected chi connectivity index (χ3v) is 6.41. The Hall–Kier alpha value is -2.62. The van der Waals surface area contributed by atoms with Gasteiger partial charge < -0.3 is 9.47 Å². The number of esters is 1. The Morgan fingerprint density at radius 3 is 2.03 bits per heavy atom. The average Bonchev–Trinajstić information content (AvgIpc) is 2.57. The normalized spacial score (nSPS) is 20.8. The minimum atomic E-state index is -4.20. The third kappa shape index (κ3) is 5.36. The van der Waals surface area contributed by atoms with Crippen molar-refractivity contribution in [3.8, 4) is 0 Å².